The highest BCUT2D eigenvalue weighted by molar-refractivity contribution is 7.87. The second-order valence-corrected chi connectivity index (χ2v) is 7.47. The van der Waals surface area contributed by atoms with Crippen LogP contribution < -0.4 is 10.0 Å². The van der Waals surface area contributed by atoms with Crippen LogP contribution in [0.25, 0.3) is 0 Å². The molecule has 114 valence electrons. The molecule has 0 heterocycles. The Hall–Kier alpha value is -0.170. The molecular weight excluding hydrogens is 262 g/mol. The van der Waals surface area contributed by atoms with Crippen molar-refractivity contribution in [3.63, 3.8) is 0 Å². The van der Waals surface area contributed by atoms with Gasteiger partial charge in [0.25, 0.3) is 10.2 Å². The Bertz CT molecular complexity index is 353. The van der Waals surface area contributed by atoms with E-state index in [2.05, 4.69) is 23.9 Å². The van der Waals surface area contributed by atoms with Crippen LogP contribution >= 0.6 is 0 Å². The van der Waals surface area contributed by atoms with E-state index in [1.165, 1.54) is 4.31 Å². The van der Waals surface area contributed by atoms with Crippen molar-refractivity contribution < 1.29 is 8.42 Å². The number of rotatable bonds is 11. The second-order valence-electron chi connectivity index (χ2n) is 5.60. The van der Waals surface area contributed by atoms with Gasteiger partial charge in [-0.15, -0.1) is 0 Å². The Morgan fingerprint density at radius 3 is 2.42 bits per heavy atom. The number of nitrogens with one attached hydrogen (secondary N) is 2. The zero-order chi connectivity index (χ0) is 14.4. The summed E-state index contributed by atoms with van der Waals surface area (Å²) in [5, 5.41) is 3.28. The molecule has 0 bridgehead atoms. The van der Waals surface area contributed by atoms with E-state index in [1.807, 2.05) is 0 Å². The van der Waals surface area contributed by atoms with Crippen molar-refractivity contribution in [1.82, 2.24) is 14.3 Å². The van der Waals surface area contributed by atoms with E-state index >= 15 is 0 Å². The minimum absolute atomic E-state index is 0.247. The van der Waals surface area contributed by atoms with Crippen LogP contribution in [0.3, 0.4) is 0 Å². The topological polar surface area (TPSA) is 61.4 Å². The predicted octanol–water partition coefficient (Wildman–Crippen LogP) is 1.33. The van der Waals surface area contributed by atoms with E-state index < -0.39 is 10.2 Å². The first-order valence-electron chi connectivity index (χ1n) is 7.37. The third-order valence-corrected chi connectivity index (χ3v) is 5.51. The van der Waals surface area contributed by atoms with Gasteiger partial charge in [0.05, 0.1) is 0 Å². The third kappa shape index (κ3) is 5.77. The van der Waals surface area contributed by atoms with Crippen molar-refractivity contribution in [3.8, 4) is 0 Å². The maximum Gasteiger partial charge on any atom is 0.279 e. The van der Waals surface area contributed by atoms with Gasteiger partial charge in [0.1, 0.15) is 0 Å². The minimum atomic E-state index is -3.30. The molecule has 1 rings (SSSR count). The van der Waals surface area contributed by atoms with Gasteiger partial charge in [-0.2, -0.15) is 12.7 Å². The van der Waals surface area contributed by atoms with Gasteiger partial charge < -0.3 is 5.32 Å². The van der Waals surface area contributed by atoms with E-state index in [-0.39, 0.29) is 5.41 Å². The molecule has 0 radical (unpaired) electrons. The van der Waals surface area contributed by atoms with Crippen molar-refractivity contribution in [2.24, 2.45) is 5.41 Å². The normalized spacial score (nSPS) is 17.9. The number of nitrogens with zero attached hydrogens (tertiary/aromatic N) is 1. The smallest absolute Gasteiger partial charge is 0.279 e. The standard InChI is InChI=1S/C13H29N3O2S/c1-4-9-14-10-6-11-16(3)19(17,18)15-12-13(5-2)7-8-13/h14-15H,4-12H2,1-3H3. The molecule has 6 heteroatoms. The molecule has 1 aliphatic rings. The fourth-order valence-corrected chi connectivity index (χ4v) is 3.11. The van der Waals surface area contributed by atoms with Gasteiger partial charge in [0.15, 0.2) is 0 Å². The monoisotopic (exact) mass is 291 g/mol. The molecule has 0 aromatic carbocycles. The van der Waals surface area contributed by atoms with Gasteiger partial charge in [-0.05, 0) is 50.6 Å². The lowest BCUT2D eigenvalue weighted by Gasteiger charge is -2.20. The lowest BCUT2D eigenvalue weighted by Crippen LogP contribution is -2.41. The summed E-state index contributed by atoms with van der Waals surface area (Å²) in [5.41, 5.74) is 0.247. The van der Waals surface area contributed by atoms with Gasteiger partial charge in [-0.25, -0.2) is 4.72 Å². The summed E-state index contributed by atoms with van der Waals surface area (Å²) in [4.78, 5) is 0. The predicted molar refractivity (Wildman–Crippen MR) is 79.3 cm³/mol. The first-order chi connectivity index (χ1) is 8.96. The van der Waals surface area contributed by atoms with Crippen molar-refractivity contribution in [2.45, 2.75) is 46.0 Å². The first-order valence-corrected chi connectivity index (χ1v) is 8.81. The summed E-state index contributed by atoms with van der Waals surface area (Å²) in [6.07, 6.45) is 5.30. The molecule has 0 atom stereocenters. The summed E-state index contributed by atoms with van der Waals surface area (Å²) in [7, 11) is -1.65. The molecule has 19 heavy (non-hydrogen) atoms. The lowest BCUT2D eigenvalue weighted by atomic mass is 10.1. The molecule has 0 aromatic rings. The third-order valence-electron chi connectivity index (χ3n) is 4.00. The highest BCUT2D eigenvalue weighted by Crippen LogP contribution is 2.47. The molecule has 0 saturated heterocycles. The summed E-state index contributed by atoms with van der Waals surface area (Å²) >= 11 is 0. The SMILES string of the molecule is CCCNCCCN(C)S(=O)(=O)NCC1(CC)CC1. The summed E-state index contributed by atoms with van der Waals surface area (Å²) in [6.45, 7) is 7.26. The maximum absolute atomic E-state index is 12.0. The van der Waals surface area contributed by atoms with Crippen LogP contribution in [0.2, 0.25) is 0 Å². The summed E-state index contributed by atoms with van der Waals surface area (Å²) < 4.78 is 28.2. The number of hydrogen-bond acceptors (Lipinski definition) is 3. The van der Waals surface area contributed by atoms with E-state index in [0.29, 0.717) is 13.1 Å². The Labute approximate surface area is 118 Å². The van der Waals surface area contributed by atoms with Crippen molar-refractivity contribution in [3.05, 3.63) is 0 Å². The van der Waals surface area contributed by atoms with Gasteiger partial charge in [-0.1, -0.05) is 13.8 Å². The average Bonchev–Trinajstić information content (AvgIpc) is 3.17. The van der Waals surface area contributed by atoms with Crippen LogP contribution in [0.4, 0.5) is 0 Å². The molecule has 0 unspecified atom stereocenters. The van der Waals surface area contributed by atoms with E-state index in [0.717, 1.165) is 45.2 Å². The Kier molecular flexibility index (Phi) is 6.73. The highest BCUT2D eigenvalue weighted by atomic mass is 32.2. The Morgan fingerprint density at radius 1 is 1.21 bits per heavy atom. The molecule has 5 nitrogen and oxygen atoms in total. The van der Waals surface area contributed by atoms with Crippen LogP contribution in [0, 0.1) is 5.41 Å². The first kappa shape index (κ1) is 16.9. The average molecular weight is 291 g/mol. The molecular formula is C13H29N3O2S. The fourth-order valence-electron chi connectivity index (χ4n) is 2.04. The largest absolute Gasteiger partial charge is 0.317 e. The van der Waals surface area contributed by atoms with Crippen LogP contribution in [-0.2, 0) is 10.2 Å². The Balaban J connectivity index is 2.23. The summed E-state index contributed by atoms with van der Waals surface area (Å²) in [5.74, 6) is 0. The molecule has 0 spiro atoms. The Morgan fingerprint density at radius 2 is 1.89 bits per heavy atom. The summed E-state index contributed by atoms with van der Waals surface area (Å²) in [6, 6.07) is 0. The maximum atomic E-state index is 12.0. The van der Waals surface area contributed by atoms with E-state index in [9.17, 15) is 8.42 Å². The minimum Gasteiger partial charge on any atom is -0.317 e. The quantitative estimate of drug-likeness (QED) is 0.565. The molecule has 2 N–H and O–H groups in total. The molecule has 0 aliphatic heterocycles. The van der Waals surface area contributed by atoms with Gasteiger partial charge in [0.2, 0.25) is 0 Å². The fraction of sp³-hybridized carbons (Fsp3) is 1.00. The van der Waals surface area contributed by atoms with Crippen molar-refractivity contribution in [1.29, 1.82) is 0 Å². The molecule has 1 fully saturated rings. The van der Waals surface area contributed by atoms with Crippen molar-refractivity contribution in [2.75, 3.05) is 33.2 Å². The van der Waals surface area contributed by atoms with E-state index in [4.69, 9.17) is 0 Å². The van der Waals surface area contributed by atoms with Crippen LogP contribution in [0.15, 0.2) is 0 Å². The van der Waals surface area contributed by atoms with Gasteiger partial charge in [0, 0.05) is 20.1 Å². The van der Waals surface area contributed by atoms with Crippen molar-refractivity contribution >= 4 is 10.2 Å². The molecule has 0 aromatic heterocycles. The molecule has 0 amide bonds. The lowest BCUT2D eigenvalue weighted by molar-refractivity contribution is 0.425. The van der Waals surface area contributed by atoms with E-state index in [1.54, 1.807) is 7.05 Å². The molecule has 1 saturated carbocycles. The zero-order valence-electron chi connectivity index (χ0n) is 12.5. The van der Waals surface area contributed by atoms with Gasteiger partial charge >= 0.3 is 0 Å². The van der Waals surface area contributed by atoms with Crippen LogP contribution in [0.5, 0.6) is 0 Å². The highest BCUT2D eigenvalue weighted by Gasteiger charge is 2.41. The van der Waals surface area contributed by atoms with Gasteiger partial charge in [-0.3, -0.25) is 0 Å². The molecule has 1 aliphatic carbocycles. The van der Waals surface area contributed by atoms with Crippen LogP contribution in [-0.4, -0.2) is 45.9 Å². The second kappa shape index (κ2) is 7.57. The zero-order valence-corrected chi connectivity index (χ0v) is 13.4. The number of hydrogen-bond donors (Lipinski definition) is 2. The van der Waals surface area contributed by atoms with Crippen LogP contribution in [0.1, 0.15) is 46.0 Å².